The van der Waals surface area contributed by atoms with E-state index in [0.29, 0.717) is 11.0 Å². The van der Waals surface area contributed by atoms with Crippen LogP contribution in [0.2, 0.25) is 0 Å². The fraction of sp³-hybridized carbons (Fsp3) is 1.00. The van der Waals surface area contributed by atoms with Crippen LogP contribution >= 0.6 is 7.82 Å². The second kappa shape index (κ2) is 7.42. The zero-order valence-electron chi connectivity index (χ0n) is 8.03. The van der Waals surface area contributed by atoms with E-state index in [1.807, 2.05) is 21.1 Å². The van der Waals surface area contributed by atoms with Crippen molar-refractivity contribution in [2.45, 2.75) is 0 Å². The van der Waals surface area contributed by atoms with Gasteiger partial charge in [0, 0.05) is 0 Å². The molecule has 0 spiro atoms. The van der Waals surface area contributed by atoms with Crippen molar-refractivity contribution in [3.8, 4) is 0 Å². The predicted octanol–water partition coefficient (Wildman–Crippen LogP) is -4.84. The van der Waals surface area contributed by atoms with Gasteiger partial charge in [0.05, 0.1) is 29.0 Å². The van der Waals surface area contributed by atoms with E-state index in [1.54, 1.807) is 0 Å². The van der Waals surface area contributed by atoms with Crippen molar-refractivity contribution in [1.29, 1.82) is 0 Å². The molecule has 0 aromatic rings. The van der Waals surface area contributed by atoms with Gasteiger partial charge in [-0.25, -0.2) is 0 Å². The first-order valence-electron chi connectivity index (χ1n) is 3.18. The fourth-order valence-electron chi connectivity index (χ4n) is 0.426. The Kier molecular flexibility index (Phi) is 11.2. The average molecular weight is 242 g/mol. The average Bonchev–Trinajstić information content (AvgIpc) is 1.55. The Bertz CT molecular complexity index is 168. The van der Waals surface area contributed by atoms with Crippen LogP contribution in [0.25, 0.3) is 0 Å². The molecule has 0 amide bonds. The standard InChI is InChI=1S/C5H14NO4P.ClH.Mg/c1-6(2,3)4-5-10-11(7,8)9;;/h4-5H2,1-3H3,(H-,7,8,9);1H;/q;;+2/p-2. The maximum Gasteiger partial charge on any atom is 2.00 e. The topological polar surface area (TPSA) is 72.4 Å². The Morgan fingerprint density at radius 2 is 1.69 bits per heavy atom. The Hall–Kier alpha value is 1.13. The molecule has 0 fully saturated rings. The molecule has 0 aliphatic rings. The molecule has 0 heterocycles. The molecule has 0 N–H and O–H groups in total. The minimum atomic E-state index is -4.76. The third kappa shape index (κ3) is 19.5. The van der Waals surface area contributed by atoms with Gasteiger partial charge in [-0.1, -0.05) is 0 Å². The monoisotopic (exact) mass is 241 g/mol. The van der Waals surface area contributed by atoms with E-state index in [-0.39, 0.29) is 42.1 Å². The molecule has 0 aromatic heterocycles. The molecule has 0 saturated carbocycles. The van der Waals surface area contributed by atoms with Crippen LogP contribution in [0.3, 0.4) is 0 Å². The summed E-state index contributed by atoms with van der Waals surface area (Å²) < 4.78 is 14.6. The van der Waals surface area contributed by atoms with Crippen LogP contribution in [0.1, 0.15) is 0 Å². The quantitative estimate of drug-likeness (QED) is 0.281. The van der Waals surface area contributed by atoms with Crippen molar-refractivity contribution in [2.24, 2.45) is 0 Å². The van der Waals surface area contributed by atoms with Crippen LogP contribution in [0, 0.1) is 0 Å². The normalized spacial score (nSPS) is 11.5. The molecule has 0 aliphatic carbocycles. The summed E-state index contributed by atoms with van der Waals surface area (Å²) in [5.41, 5.74) is 0. The van der Waals surface area contributed by atoms with E-state index in [0.717, 1.165) is 0 Å². The molecule has 0 aliphatic heterocycles. The van der Waals surface area contributed by atoms with Crippen LogP contribution in [0.15, 0.2) is 0 Å². The number of likely N-dealkylation sites (N-methyl/N-ethyl adjacent to an activating group) is 1. The maximum atomic E-state index is 9.96. The van der Waals surface area contributed by atoms with Crippen molar-refractivity contribution < 1.29 is 35.8 Å². The second-order valence-electron chi connectivity index (χ2n) is 3.29. The van der Waals surface area contributed by atoms with Gasteiger partial charge >= 0.3 is 23.1 Å². The molecule has 0 rings (SSSR count). The van der Waals surface area contributed by atoms with E-state index in [1.165, 1.54) is 0 Å². The first-order chi connectivity index (χ1) is 4.71. The molecule has 8 heteroatoms. The minimum Gasteiger partial charge on any atom is -1.00 e. The smallest absolute Gasteiger partial charge is 1.00 e. The van der Waals surface area contributed by atoms with Crippen LogP contribution < -0.4 is 22.2 Å². The molecule has 76 valence electrons. The third-order valence-electron chi connectivity index (χ3n) is 1.01. The third-order valence-corrected chi connectivity index (χ3v) is 1.51. The van der Waals surface area contributed by atoms with E-state index in [4.69, 9.17) is 0 Å². The van der Waals surface area contributed by atoms with Gasteiger partial charge in [-0.05, 0) is 0 Å². The Morgan fingerprint density at radius 1 is 1.31 bits per heavy atom. The number of quaternary nitrogens is 1. The summed E-state index contributed by atoms with van der Waals surface area (Å²) in [6.45, 7) is 0.447. The van der Waals surface area contributed by atoms with E-state index in [2.05, 4.69) is 4.52 Å². The van der Waals surface area contributed by atoms with Crippen LogP contribution in [-0.4, -0.2) is 61.8 Å². The number of hydrogen-bond acceptors (Lipinski definition) is 4. The van der Waals surface area contributed by atoms with Crippen molar-refractivity contribution >= 4 is 30.9 Å². The first-order valence-corrected chi connectivity index (χ1v) is 4.64. The zero-order valence-corrected chi connectivity index (χ0v) is 11.1. The van der Waals surface area contributed by atoms with Crippen molar-refractivity contribution in [3.05, 3.63) is 0 Å². The SMILES string of the molecule is C[N+](C)(C)CCOP(=O)([O-])[O-].[Cl-].[Mg+2]. The first kappa shape index (κ1) is 19.7. The maximum absolute atomic E-state index is 9.96. The number of phosphoric ester groups is 1. The van der Waals surface area contributed by atoms with Gasteiger partial charge < -0.3 is 35.8 Å². The summed E-state index contributed by atoms with van der Waals surface area (Å²) >= 11 is 0. The molecule has 0 saturated heterocycles. The summed E-state index contributed by atoms with van der Waals surface area (Å²) in [4.78, 5) is 19.9. The van der Waals surface area contributed by atoms with Gasteiger partial charge in [0.25, 0.3) is 0 Å². The largest absolute Gasteiger partial charge is 2.00 e. The molecule has 13 heavy (non-hydrogen) atoms. The van der Waals surface area contributed by atoms with Gasteiger partial charge in [0.15, 0.2) is 0 Å². The van der Waals surface area contributed by atoms with Crippen molar-refractivity contribution in [3.63, 3.8) is 0 Å². The summed E-state index contributed by atoms with van der Waals surface area (Å²) in [7, 11) is 0.875. The molecule has 0 aromatic carbocycles. The van der Waals surface area contributed by atoms with E-state index >= 15 is 0 Å². The van der Waals surface area contributed by atoms with Crippen LogP contribution in [-0.2, 0) is 9.09 Å². The van der Waals surface area contributed by atoms with E-state index in [9.17, 15) is 14.4 Å². The predicted molar refractivity (Wildman–Crippen MR) is 42.2 cm³/mol. The molecular formula is C5H13ClMgNO4P. The van der Waals surface area contributed by atoms with Crippen molar-refractivity contribution in [2.75, 3.05) is 34.3 Å². The second-order valence-corrected chi connectivity index (χ2v) is 4.45. The summed E-state index contributed by atoms with van der Waals surface area (Å²) in [6.07, 6.45) is 0. The molecule has 0 radical (unpaired) electrons. The van der Waals surface area contributed by atoms with Gasteiger partial charge in [-0.2, -0.15) is 0 Å². The molecular weight excluding hydrogens is 229 g/mol. The number of rotatable bonds is 4. The zero-order chi connectivity index (χ0) is 9.12. The fourth-order valence-corrected chi connectivity index (χ4v) is 0.732. The Morgan fingerprint density at radius 3 is 1.92 bits per heavy atom. The summed E-state index contributed by atoms with van der Waals surface area (Å²) in [5, 5.41) is 0. The molecule has 0 bridgehead atoms. The molecule has 5 nitrogen and oxygen atoms in total. The van der Waals surface area contributed by atoms with Gasteiger partial charge in [-0.15, -0.1) is 0 Å². The summed E-state index contributed by atoms with van der Waals surface area (Å²) in [6, 6.07) is 0. The Balaban J connectivity index is -0.000000500. The molecule has 0 unspecified atom stereocenters. The number of nitrogens with zero attached hydrogens (tertiary/aromatic N) is 1. The number of phosphoric acid groups is 1. The number of hydrogen-bond donors (Lipinski definition) is 0. The molecule has 0 atom stereocenters. The van der Waals surface area contributed by atoms with Gasteiger partial charge in [0.2, 0.25) is 0 Å². The van der Waals surface area contributed by atoms with Gasteiger partial charge in [-0.3, -0.25) is 0 Å². The van der Waals surface area contributed by atoms with Crippen molar-refractivity contribution in [1.82, 2.24) is 0 Å². The summed E-state index contributed by atoms with van der Waals surface area (Å²) in [5.74, 6) is 0. The Labute approximate surface area is 101 Å². The van der Waals surface area contributed by atoms with Crippen LogP contribution in [0.4, 0.5) is 0 Å². The van der Waals surface area contributed by atoms with E-state index < -0.39 is 7.82 Å². The number of halogens is 1. The van der Waals surface area contributed by atoms with Crippen LogP contribution in [0.5, 0.6) is 0 Å². The van der Waals surface area contributed by atoms with Gasteiger partial charge in [0.1, 0.15) is 13.2 Å². The minimum absolute atomic E-state index is 0.